The van der Waals surface area contributed by atoms with Crippen LogP contribution in [-0.2, 0) is 16.0 Å². The normalized spacial score (nSPS) is 11.8. The highest BCUT2D eigenvalue weighted by Gasteiger charge is 2.10. The minimum Gasteiger partial charge on any atom is -0.352 e. The maximum atomic E-state index is 13.1. The van der Waals surface area contributed by atoms with Crippen molar-refractivity contribution in [3.05, 3.63) is 34.1 Å². The van der Waals surface area contributed by atoms with Crippen LogP contribution in [0, 0.1) is 5.82 Å². The first-order valence-corrected chi connectivity index (χ1v) is 6.91. The third kappa shape index (κ3) is 5.66. The highest BCUT2D eigenvalue weighted by atomic mass is 79.9. The van der Waals surface area contributed by atoms with E-state index in [9.17, 15) is 14.0 Å². The van der Waals surface area contributed by atoms with Crippen molar-refractivity contribution in [1.82, 2.24) is 10.6 Å². The quantitative estimate of drug-likeness (QED) is 0.709. The molecule has 0 fully saturated rings. The van der Waals surface area contributed by atoms with E-state index >= 15 is 0 Å². The summed E-state index contributed by atoms with van der Waals surface area (Å²) >= 11 is 3.11. The minimum atomic E-state index is -0.379. The number of halogens is 2. The Labute approximate surface area is 125 Å². The number of carbonyl (C=O) groups excluding carboxylic acids is 2. The van der Waals surface area contributed by atoms with Crippen molar-refractivity contribution in [2.45, 2.75) is 19.4 Å². The molecule has 1 rings (SSSR count). The lowest BCUT2D eigenvalue weighted by atomic mass is 10.1. The van der Waals surface area contributed by atoms with Gasteiger partial charge in [0.1, 0.15) is 5.82 Å². The first-order chi connectivity index (χ1) is 9.42. The van der Waals surface area contributed by atoms with Gasteiger partial charge in [-0.2, -0.15) is 0 Å². The molecule has 0 radical (unpaired) electrons. The van der Waals surface area contributed by atoms with Crippen LogP contribution in [0.25, 0.3) is 0 Å². The maximum absolute atomic E-state index is 13.1. The summed E-state index contributed by atoms with van der Waals surface area (Å²) in [5, 5.41) is 5.12. The van der Waals surface area contributed by atoms with Crippen molar-refractivity contribution in [2.75, 3.05) is 13.1 Å². The summed E-state index contributed by atoms with van der Waals surface area (Å²) in [5.41, 5.74) is 6.01. The average molecular weight is 346 g/mol. The highest BCUT2D eigenvalue weighted by Crippen LogP contribution is 2.17. The molecule has 1 atom stereocenters. The number of nitrogens with two attached hydrogens (primary N) is 1. The van der Waals surface area contributed by atoms with Gasteiger partial charge in [-0.15, -0.1) is 0 Å². The van der Waals surface area contributed by atoms with Crippen molar-refractivity contribution in [2.24, 2.45) is 5.73 Å². The van der Waals surface area contributed by atoms with Gasteiger partial charge in [-0.05, 0) is 47.0 Å². The monoisotopic (exact) mass is 345 g/mol. The molecule has 0 aliphatic carbocycles. The third-order valence-electron chi connectivity index (χ3n) is 2.56. The molecule has 0 bridgehead atoms. The zero-order valence-electron chi connectivity index (χ0n) is 11.1. The molecule has 5 nitrogen and oxygen atoms in total. The molecule has 4 N–H and O–H groups in total. The summed E-state index contributed by atoms with van der Waals surface area (Å²) in [6.07, 6.45) is 0.565. The molecule has 1 aromatic rings. The van der Waals surface area contributed by atoms with E-state index < -0.39 is 0 Å². The number of hydrogen-bond acceptors (Lipinski definition) is 3. The molecule has 20 heavy (non-hydrogen) atoms. The molecule has 0 aromatic heterocycles. The van der Waals surface area contributed by atoms with Crippen LogP contribution in [0.2, 0.25) is 0 Å². The molecule has 7 heteroatoms. The maximum Gasteiger partial charge on any atom is 0.239 e. The second-order valence-corrected chi connectivity index (χ2v) is 5.26. The van der Waals surface area contributed by atoms with Crippen LogP contribution in [0.5, 0.6) is 0 Å². The van der Waals surface area contributed by atoms with Gasteiger partial charge in [0, 0.05) is 6.04 Å². The first-order valence-electron chi connectivity index (χ1n) is 6.12. The predicted molar refractivity (Wildman–Crippen MR) is 77.5 cm³/mol. The standard InChI is InChI=1S/C13H17BrFN3O2/c1-8(18-13(20)7-17-12(19)6-16)4-9-2-3-11(15)10(14)5-9/h2-3,5,8H,4,6-7,16H2,1H3,(H,17,19)(H,18,20). The van der Waals surface area contributed by atoms with E-state index in [1.54, 1.807) is 12.1 Å². The van der Waals surface area contributed by atoms with E-state index in [4.69, 9.17) is 5.73 Å². The van der Waals surface area contributed by atoms with Gasteiger partial charge in [-0.25, -0.2) is 4.39 Å². The Morgan fingerprint density at radius 1 is 1.40 bits per heavy atom. The van der Waals surface area contributed by atoms with Crippen molar-refractivity contribution in [3.63, 3.8) is 0 Å². The number of hydrogen-bond donors (Lipinski definition) is 3. The van der Waals surface area contributed by atoms with Crippen molar-refractivity contribution >= 4 is 27.7 Å². The largest absolute Gasteiger partial charge is 0.352 e. The Kier molecular flexibility index (Phi) is 6.60. The Morgan fingerprint density at radius 3 is 2.70 bits per heavy atom. The van der Waals surface area contributed by atoms with Gasteiger partial charge in [-0.1, -0.05) is 6.07 Å². The fourth-order valence-electron chi connectivity index (χ4n) is 1.65. The third-order valence-corrected chi connectivity index (χ3v) is 3.17. The molecule has 0 aliphatic heterocycles. The van der Waals surface area contributed by atoms with Crippen LogP contribution in [0.3, 0.4) is 0 Å². The van der Waals surface area contributed by atoms with Gasteiger partial charge in [0.15, 0.2) is 0 Å². The van der Waals surface area contributed by atoms with Crippen LogP contribution in [-0.4, -0.2) is 30.9 Å². The summed E-state index contributed by atoms with van der Waals surface area (Å²) in [6, 6.07) is 4.58. The van der Waals surface area contributed by atoms with Gasteiger partial charge >= 0.3 is 0 Å². The molecule has 0 saturated carbocycles. The van der Waals surface area contributed by atoms with Crippen LogP contribution in [0.1, 0.15) is 12.5 Å². The fourth-order valence-corrected chi connectivity index (χ4v) is 2.07. The van der Waals surface area contributed by atoms with Crippen LogP contribution in [0.4, 0.5) is 4.39 Å². The molecule has 110 valence electrons. The molecule has 2 amide bonds. The molecule has 0 spiro atoms. The van der Waals surface area contributed by atoms with E-state index in [1.165, 1.54) is 6.07 Å². The lowest BCUT2D eigenvalue weighted by Crippen LogP contribution is -2.43. The number of benzene rings is 1. The lowest BCUT2D eigenvalue weighted by Gasteiger charge is -2.14. The molecule has 1 aromatic carbocycles. The topological polar surface area (TPSA) is 84.2 Å². The molecular weight excluding hydrogens is 329 g/mol. The zero-order chi connectivity index (χ0) is 15.1. The van der Waals surface area contributed by atoms with Crippen molar-refractivity contribution in [3.8, 4) is 0 Å². The first kappa shape index (κ1) is 16.6. The Bertz CT molecular complexity index is 497. The average Bonchev–Trinajstić information content (AvgIpc) is 2.40. The second-order valence-electron chi connectivity index (χ2n) is 4.40. The predicted octanol–water partition coefficient (Wildman–Crippen LogP) is 0.710. The molecule has 0 saturated heterocycles. The van der Waals surface area contributed by atoms with E-state index in [-0.39, 0.29) is 36.8 Å². The SMILES string of the molecule is CC(Cc1ccc(F)c(Br)c1)NC(=O)CNC(=O)CN. The van der Waals surface area contributed by atoms with E-state index in [2.05, 4.69) is 26.6 Å². The molecule has 0 heterocycles. The van der Waals surface area contributed by atoms with Gasteiger partial charge in [-0.3, -0.25) is 9.59 Å². The van der Waals surface area contributed by atoms with E-state index in [1.807, 2.05) is 6.92 Å². The van der Waals surface area contributed by atoms with Gasteiger partial charge < -0.3 is 16.4 Å². The van der Waals surface area contributed by atoms with Gasteiger partial charge in [0.25, 0.3) is 0 Å². The summed E-state index contributed by atoms with van der Waals surface area (Å²) < 4.78 is 13.5. The fraction of sp³-hybridized carbons (Fsp3) is 0.385. The number of nitrogens with one attached hydrogen (secondary N) is 2. The summed E-state index contributed by atoms with van der Waals surface area (Å²) in [6.45, 7) is 1.58. The van der Waals surface area contributed by atoms with E-state index in [0.29, 0.717) is 10.9 Å². The second kappa shape index (κ2) is 7.96. The van der Waals surface area contributed by atoms with Crippen LogP contribution >= 0.6 is 15.9 Å². The van der Waals surface area contributed by atoms with Crippen LogP contribution in [0.15, 0.2) is 22.7 Å². The number of rotatable bonds is 6. The Hall–Kier alpha value is -1.47. The lowest BCUT2D eigenvalue weighted by molar-refractivity contribution is -0.125. The van der Waals surface area contributed by atoms with Crippen molar-refractivity contribution < 1.29 is 14.0 Å². The molecular formula is C13H17BrFN3O2. The molecule has 1 unspecified atom stereocenters. The highest BCUT2D eigenvalue weighted by molar-refractivity contribution is 9.10. The number of amides is 2. The summed E-state index contributed by atoms with van der Waals surface area (Å²) in [4.78, 5) is 22.5. The number of carbonyl (C=O) groups is 2. The Balaban J connectivity index is 2.42. The van der Waals surface area contributed by atoms with Gasteiger partial charge in [0.2, 0.25) is 11.8 Å². The zero-order valence-corrected chi connectivity index (χ0v) is 12.7. The van der Waals surface area contributed by atoms with Crippen molar-refractivity contribution in [1.29, 1.82) is 0 Å². The summed E-state index contributed by atoms with van der Waals surface area (Å²) in [5.74, 6) is -0.995. The minimum absolute atomic E-state index is 0.104. The molecule has 0 aliphatic rings. The van der Waals surface area contributed by atoms with E-state index in [0.717, 1.165) is 5.56 Å². The Morgan fingerprint density at radius 2 is 2.10 bits per heavy atom. The van der Waals surface area contributed by atoms with Crippen LogP contribution < -0.4 is 16.4 Å². The smallest absolute Gasteiger partial charge is 0.239 e. The summed E-state index contributed by atoms with van der Waals surface area (Å²) in [7, 11) is 0. The van der Waals surface area contributed by atoms with Gasteiger partial charge in [0.05, 0.1) is 17.6 Å².